The summed E-state index contributed by atoms with van der Waals surface area (Å²) in [5, 5.41) is 22.9. The fourth-order valence-electron chi connectivity index (χ4n) is 6.06. The van der Waals surface area contributed by atoms with E-state index in [-0.39, 0.29) is 24.0 Å². The molecule has 2 aromatic rings. The maximum atomic E-state index is 12.0. The van der Waals surface area contributed by atoms with Crippen molar-refractivity contribution in [2.24, 2.45) is 5.92 Å². The molecule has 1 fully saturated rings. The van der Waals surface area contributed by atoms with E-state index in [1.807, 2.05) is 43.3 Å². The van der Waals surface area contributed by atoms with E-state index in [1.54, 1.807) is 0 Å². The summed E-state index contributed by atoms with van der Waals surface area (Å²) < 4.78 is 12.1. The molecular formula is C29H36N2O4. The van der Waals surface area contributed by atoms with Crippen LogP contribution in [0.25, 0.3) is 0 Å². The van der Waals surface area contributed by atoms with Gasteiger partial charge in [0.05, 0.1) is 11.7 Å². The molecule has 2 aliphatic carbocycles. The van der Waals surface area contributed by atoms with Gasteiger partial charge in [-0.1, -0.05) is 31.2 Å². The standard InChI is InChI=1S/C29H36N2O4/c1-3-29-20-28(2,33)26(35-23-9-5-4-6-10-23)18-22(29)12-11-21-17-24(13-14-25(21)29)34-19-27(32)31-16-8-7-15-30/h4-6,9-10,13-14,17,22,26,33H,3,7-8,11-12,16,18-20H2,1-2H3,(H,31,32)/t22?,26?,28-,29?/m1/s1. The molecule has 2 aliphatic rings. The Hall–Kier alpha value is -3.04. The number of unbranched alkanes of at least 4 members (excludes halogenated alkanes) is 1. The number of nitrogens with one attached hydrogen (secondary N) is 1. The summed E-state index contributed by atoms with van der Waals surface area (Å²) in [7, 11) is 0. The average molecular weight is 477 g/mol. The number of aryl methyl sites for hydroxylation is 1. The molecule has 1 saturated carbocycles. The second kappa shape index (κ2) is 10.7. The lowest BCUT2D eigenvalue weighted by Crippen LogP contribution is -2.58. The number of nitriles is 1. The van der Waals surface area contributed by atoms with Gasteiger partial charge >= 0.3 is 0 Å². The summed E-state index contributed by atoms with van der Waals surface area (Å²) in [5.41, 5.74) is 1.48. The maximum Gasteiger partial charge on any atom is 0.257 e. The minimum absolute atomic E-state index is 0.0416. The lowest BCUT2D eigenvalue weighted by atomic mass is 9.52. The van der Waals surface area contributed by atoms with Gasteiger partial charge in [-0.3, -0.25) is 4.79 Å². The average Bonchev–Trinajstić information content (AvgIpc) is 2.86. The first-order chi connectivity index (χ1) is 16.9. The van der Waals surface area contributed by atoms with Crippen molar-refractivity contribution in [3.63, 3.8) is 0 Å². The van der Waals surface area contributed by atoms with E-state index in [9.17, 15) is 9.90 Å². The third kappa shape index (κ3) is 5.46. The van der Waals surface area contributed by atoms with E-state index in [0.717, 1.165) is 31.4 Å². The summed E-state index contributed by atoms with van der Waals surface area (Å²) in [6, 6.07) is 18.0. The lowest BCUT2D eigenvalue weighted by Gasteiger charge is -2.55. The zero-order valence-corrected chi connectivity index (χ0v) is 20.8. The van der Waals surface area contributed by atoms with Crippen LogP contribution in [0.1, 0.15) is 63.5 Å². The van der Waals surface area contributed by atoms with Gasteiger partial charge in [-0.05, 0) is 86.8 Å². The number of benzene rings is 2. The van der Waals surface area contributed by atoms with Gasteiger partial charge < -0.3 is 19.9 Å². The third-order valence-corrected chi connectivity index (χ3v) is 7.83. The molecule has 0 heterocycles. The van der Waals surface area contributed by atoms with Gasteiger partial charge in [0.2, 0.25) is 0 Å². The molecule has 35 heavy (non-hydrogen) atoms. The smallest absolute Gasteiger partial charge is 0.257 e. The van der Waals surface area contributed by atoms with Crippen LogP contribution in [0, 0.1) is 17.2 Å². The number of carbonyl (C=O) groups excluding carboxylic acids is 1. The van der Waals surface area contributed by atoms with Crippen molar-refractivity contribution in [1.29, 1.82) is 5.26 Å². The van der Waals surface area contributed by atoms with Crippen LogP contribution in [0.15, 0.2) is 48.5 Å². The first-order valence-corrected chi connectivity index (χ1v) is 12.7. The molecule has 0 bridgehead atoms. The van der Waals surface area contributed by atoms with E-state index in [0.29, 0.717) is 37.5 Å². The van der Waals surface area contributed by atoms with E-state index < -0.39 is 5.60 Å². The number of ether oxygens (including phenoxy) is 2. The van der Waals surface area contributed by atoms with Gasteiger partial charge in [0.1, 0.15) is 17.6 Å². The van der Waals surface area contributed by atoms with Gasteiger partial charge in [0.25, 0.3) is 5.91 Å². The molecule has 0 saturated heterocycles. The van der Waals surface area contributed by atoms with Crippen LogP contribution in [0.2, 0.25) is 0 Å². The predicted molar refractivity (Wildman–Crippen MR) is 134 cm³/mol. The van der Waals surface area contributed by atoms with E-state index >= 15 is 0 Å². The topological polar surface area (TPSA) is 91.6 Å². The Morgan fingerprint density at radius 3 is 2.77 bits per heavy atom. The van der Waals surface area contributed by atoms with Gasteiger partial charge in [0.15, 0.2) is 6.61 Å². The number of aliphatic hydroxyl groups is 1. The van der Waals surface area contributed by atoms with Gasteiger partial charge in [-0.2, -0.15) is 5.26 Å². The molecule has 2 N–H and O–H groups in total. The summed E-state index contributed by atoms with van der Waals surface area (Å²) in [6.45, 7) is 4.57. The molecule has 1 amide bonds. The van der Waals surface area contributed by atoms with Crippen LogP contribution >= 0.6 is 0 Å². The molecule has 6 heteroatoms. The van der Waals surface area contributed by atoms with Crippen LogP contribution in [0.4, 0.5) is 0 Å². The fourth-order valence-corrected chi connectivity index (χ4v) is 6.06. The summed E-state index contributed by atoms with van der Waals surface area (Å²) in [5.74, 6) is 1.74. The molecule has 0 aliphatic heterocycles. The number of nitrogens with zero attached hydrogens (tertiary/aromatic N) is 1. The Kier molecular flexibility index (Phi) is 7.66. The van der Waals surface area contributed by atoms with E-state index in [4.69, 9.17) is 14.7 Å². The van der Waals surface area contributed by atoms with Crippen molar-refractivity contribution < 1.29 is 19.4 Å². The SMILES string of the molecule is CCC12C[C@@](C)(O)C(Oc3ccccc3)CC1CCc1cc(OCC(=O)NCCCC#N)ccc12. The van der Waals surface area contributed by atoms with Crippen molar-refractivity contribution in [3.8, 4) is 17.6 Å². The maximum absolute atomic E-state index is 12.0. The highest BCUT2D eigenvalue weighted by Gasteiger charge is 2.55. The minimum Gasteiger partial charge on any atom is -0.487 e. The number of fused-ring (bicyclic) bond motifs is 3. The van der Waals surface area contributed by atoms with Crippen molar-refractivity contribution in [2.45, 2.75) is 75.9 Å². The minimum atomic E-state index is -0.949. The molecule has 6 nitrogen and oxygen atoms in total. The van der Waals surface area contributed by atoms with Crippen molar-refractivity contribution in [3.05, 3.63) is 59.7 Å². The molecule has 0 spiro atoms. The molecular weight excluding hydrogens is 440 g/mol. The second-order valence-corrected chi connectivity index (χ2v) is 10.2. The fraction of sp³-hybridized carbons (Fsp3) is 0.517. The van der Waals surface area contributed by atoms with Gasteiger partial charge in [-0.15, -0.1) is 0 Å². The lowest BCUT2D eigenvalue weighted by molar-refractivity contribution is -0.123. The van der Waals surface area contributed by atoms with Crippen LogP contribution in [-0.2, 0) is 16.6 Å². The van der Waals surface area contributed by atoms with E-state index in [1.165, 1.54) is 11.1 Å². The van der Waals surface area contributed by atoms with Gasteiger partial charge in [-0.25, -0.2) is 0 Å². The van der Waals surface area contributed by atoms with Crippen LogP contribution in [0.3, 0.4) is 0 Å². The molecule has 2 aromatic carbocycles. The largest absolute Gasteiger partial charge is 0.487 e. The zero-order valence-electron chi connectivity index (χ0n) is 20.8. The summed E-state index contributed by atoms with van der Waals surface area (Å²) in [6.07, 6.45) is 5.22. The number of amides is 1. The Labute approximate surface area is 208 Å². The Bertz CT molecular complexity index is 1060. The summed E-state index contributed by atoms with van der Waals surface area (Å²) in [4.78, 5) is 12.0. The van der Waals surface area contributed by atoms with Crippen LogP contribution in [0.5, 0.6) is 11.5 Å². The zero-order chi connectivity index (χ0) is 24.9. The molecule has 3 unspecified atom stereocenters. The second-order valence-electron chi connectivity index (χ2n) is 10.2. The Morgan fingerprint density at radius 1 is 1.23 bits per heavy atom. The molecule has 0 radical (unpaired) electrons. The van der Waals surface area contributed by atoms with Crippen LogP contribution in [-0.4, -0.2) is 35.9 Å². The quantitative estimate of drug-likeness (QED) is 0.513. The number of rotatable bonds is 9. The molecule has 0 aromatic heterocycles. The van der Waals surface area contributed by atoms with Crippen molar-refractivity contribution in [1.82, 2.24) is 5.32 Å². The highest BCUT2D eigenvalue weighted by atomic mass is 16.5. The van der Waals surface area contributed by atoms with Crippen molar-refractivity contribution in [2.75, 3.05) is 13.2 Å². The molecule has 4 atom stereocenters. The number of hydrogen-bond acceptors (Lipinski definition) is 5. The van der Waals surface area contributed by atoms with Gasteiger partial charge in [0, 0.05) is 18.4 Å². The van der Waals surface area contributed by atoms with Crippen LogP contribution < -0.4 is 14.8 Å². The number of para-hydroxylation sites is 1. The number of carbonyl (C=O) groups is 1. The predicted octanol–water partition coefficient (Wildman–Crippen LogP) is 4.69. The molecule has 186 valence electrons. The van der Waals surface area contributed by atoms with E-state index in [2.05, 4.69) is 30.4 Å². The Morgan fingerprint density at radius 2 is 2.03 bits per heavy atom. The summed E-state index contributed by atoms with van der Waals surface area (Å²) >= 11 is 0. The Balaban J connectivity index is 1.46. The number of hydrogen-bond donors (Lipinski definition) is 2. The highest BCUT2D eigenvalue weighted by molar-refractivity contribution is 5.77. The normalized spacial score (nSPS) is 27.1. The van der Waals surface area contributed by atoms with Crippen molar-refractivity contribution >= 4 is 5.91 Å². The highest BCUT2D eigenvalue weighted by Crippen LogP contribution is 2.55. The molecule has 4 rings (SSSR count). The first kappa shape index (κ1) is 25.1. The monoisotopic (exact) mass is 476 g/mol. The third-order valence-electron chi connectivity index (χ3n) is 7.83. The first-order valence-electron chi connectivity index (χ1n) is 12.7.